The Morgan fingerprint density at radius 2 is 2.26 bits per heavy atom. The first-order chi connectivity index (χ1) is 8.91. The third-order valence-electron chi connectivity index (χ3n) is 3.42. The van der Waals surface area contributed by atoms with E-state index >= 15 is 0 Å². The number of anilines is 1. The molecular formula is C14H21N3O2. The Bertz CT molecular complexity index is 486. The molecule has 1 amide bonds. The van der Waals surface area contributed by atoms with Gasteiger partial charge in [-0.3, -0.25) is 4.79 Å². The van der Waals surface area contributed by atoms with Crippen LogP contribution in [0.3, 0.4) is 0 Å². The number of piperidine rings is 1. The zero-order valence-electron chi connectivity index (χ0n) is 11.7. The lowest BCUT2D eigenvalue weighted by atomic mass is 9.94. The number of hydrogen-bond donors (Lipinski definition) is 2. The van der Waals surface area contributed by atoms with E-state index in [9.17, 15) is 9.90 Å². The van der Waals surface area contributed by atoms with E-state index in [2.05, 4.69) is 10.3 Å². The molecule has 2 rings (SSSR count). The predicted octanol–water partition coefficient (Wildman–Crippen LogP) is 1.42. The summed E-state index contributed by atoms with van der Waals surface area (Å²) >= 11 is 0. The number of carbonyl (C=O) groups excluding carboxylic acids is 1. The van der Waals surface area contributed by atoms with E-state index in [0.29, 0.717) is 24.5 Å². The minimum atomic E-state index is -0.776. The second kappa shape index (κ2) is 5.17. The first-order valence-electron chi connectivity index (χ1n) is 6.59. The SMILES string of the molecule is CNc1cc(C(=O)N2CCCC(C)(O)C2)cc(C)n1. The third kappa shape index (κ3) is 3.23. The number of carbonyl (C=O) groups is 1. The van der Waals surface area contributed by atoms with Gasteiger partial charge in [0.15, 0.2) is 0 Å². The van der Waals surface area contributed by atoms with Gasteiger partial charge >= 0.3 is 0 Å². The van der Waals surface area contributed by atoms with Gasteiger partial charge < -0.3 is 15.3 Å². The molecule has 0 bridgehead atoms. The average molecular weight is 263 g/mol. The molecule has 5 heteroatoms. The maximum absolute atomic E-state index is 12.5. The maximum atomic E-state index is 12.5. The molecule has 0 radical (unpaired) electrons. The van der Waals surface area contributed by atoms with Gasteiger partial charge in [-0.25, -0.2) is 4.98 Å². The summed E-state index contributed by atoms with van der Waals surface area (Å²) in [5.41, 5.74) is 0.649. The Kier molecular flexibility index (Phi) is 3.75. The van der Waals surface area contributed by atoms with Crippen molar-refractivity contribution in [2.75, 3.05) is 25.5 Å². The molecule has 19 heavy (non-hydrogen) atoms. The van der Waals surface area contributed by atoms with Crippen LogP contribution in [-0.4, -0.2) is 46.6 Å². The summed E-state index contributed by atoms with van der Waals surface area (Å²) in [5, 5.41) is 13.0. The zero-order valence-corrected chi connectivity index (χ0v) is 11.7. The molecule has 104 valence electrons. The van der Waals surface area contributed by atoms with Crippen molar-refractivity contribution in [3.05, 3.63) is 23.4 Å². The van der Waals surface area contributed by atoms with E-state index in [4.69, 9.17) is 0 Å². The Morgan fingerprint density at radius 3 is 2.89 bits per heavy atom. The molecule has 2 heterocycles. The largest absolute Gasteiger partial charge is 0.388 e. The first-order valence-corrected chi connectivity index (χ1v) is 6.59. The van der Waals surface area contributed by atoms with E-state index in [0.717, 1.165) is 18.5 Å². The van der Waals surface area contributed by atoms with Crippen LogP contribution in [0.2, 0.25) is 0 Å². The van der Waals surface area contributed by atoms with Gasteiger partial charge in [0.05, 0.1) is 5.60 Å². The standard InChI is InChI=1S/C14H21N3O2/c1-10-7-11(8-12(15-3)16-10)13(18)17-6-4-5-14(2,19)9-17/h7-8,19H,4-6,9H2,1-3H3,(H,15,16). The lowest BCUT2D eigenvalue weighted by Gasteiger charge is -2.36. The van der Waals surface area contributed by atoms with Crippen molar-refractivity contribution in [3.63, 3.8) is 0 Å². The summed E-state index contributed by atoms with van der Waals surface area (Å²) in [7, 11) is 1.78. The molecular weight excluding hydrogens is 242 g/mol. The minimum absolute atomic E-state index is 0.0398. The van der Waals surface area contributed by atoms with Crippen molar-refractivity contribution in [1.82, 2.24) is 9.88 Å². The number of likely N-dealkylation sites (tertiary alicyclic amines) is 1. The number of amides is 1. The van der Waals surface area contributed by atoms with Crippen LogP contribution < -0.4 is 5.32 Å². The summed E-state index contributed by atoms with van der Waals surface area (Å²) < 4.78 is 0. The molecule has 0 saturated carbocycles. The molecule has 1 aliphatic heterocycles. The van der Waals surface area contributed by atoms with Crippen LogP contribution in [-0.2, 0) is 0 Å². The first kappa shape index (κ1) is 13.8. The van der Waals surface area contributed by atoms with Gasteiger partial charge in [0, 0.05) is 31.4 Å². The molecule has 0 spiro atoms. The van der Waals surface area contributed by atoms with E-state index in [1.807, 2.05) is 6.92 Å². The van der Waals surface area contributed by atoms with E-state index in [-0.39, 0.29) is 5.91 Å². The average Bonchev–Trinajstić information content (AvgIpc) is 2.35. The fraction of sp³-hybridized carbons (Fsp3) is 0.571. The summed E-state index contributed by atoms with van der Waals surface area (Å²) in [6.07, 6.45) is 1.58. The van der Waals surface area contributed by atoms with E-state index in [1.165, 1.54) is 0 Å². The van der Waals surface area contributed by atoms with Gasteiger partial charge in [-0.2, -0.15) is 0 Å². The van der Waals surface area contributed by atoms with Crippen LogP contribution in [0.4, 0.5) is 5.82 Å². The lowest BCUT2D eigenvalue weighted by molar-refractivity contribution is -0.0107. The summed E-state index contributed by atoms with van der Waals surface area (Å²) in [6.45, 7) is 4.74. The number of nitrogens with one attached hydrogen (secondary N) is 1. The van der Waals surface area contributed by atoms with Crippen molar-refractivity contribution in [2.45, 2.75) is 32.3 Å². The van der Waals surface area contributed by atoms with Crippen molar-refractivity contribution in [2.24, 2.45) is 0 Å². The van der Waals surface area contributed by atoms with Crippen LogP contribution in [0.1, 0.15) is 35.8 Å². The van der Waals surface area contributed by atoms with Crippen LogP contribution in [0.5, 0.6) is 0 Å². The monoisotopic (exact) mass is 263 g/mol. The molecule has 5 nitrogen and oxygen atoms in total. The molecule has 1 aliphatic rings. The molecule has 1 atom stereocenters. The van der Waals surface area contributed by atoms with E-state index < -0.39 is 5.60 Å². The Hall–Kier alpha value is -1.62. The second-order valence-corrected chi connectivity index (χ2v) is 5.46. The van der Waals surface area contributed by atoms with Gasteiger partial charge in [-0.05, 0) is 38.8 Å². The van der Waals surface area contributed by atoms with Gasteiger partial charge in [0.2, 0.25) is 0 Å². The number of β-amino-alcohol motifs (C(OH)–C–C–N with tert-alkyl or cyclic N) is 1. The minimum Gasteiger partial charge on any atom is -0.388 e. The molecule has 1 aromatic rings. The summed E-state index contributed by atoms with van der Waals surface area (Å²) in [5.74, 6) is 0.647. The van der Waals surface area contributed by atoms with Crippen molar-refractivity contribution < 1.29 is 9.90 Å². The molecule has 1 fully saturated rings. The summed E-state index contributed by atoms with van der Waals surface area (Å²) in [4.78, 5) is 18.5. The zero-order chi connectivity index (χ0) is 14.0. The van der Waals surface area contributed by atoms with Crippen molar-refractivity contribution >= 4 is 11.7 Å². The van der Waals surface area contributed by atoms with Crippen LogP contribution >= 0.6 is 0 Å². The predicted molar refractivity (Wildman–Crippen MR) is 74.3 cm³/mol. The highest BCUT2D eigenvalue weighted by Gasteiger charge is 2.31. The molecule has 2 N–H and O–H groups in total. The van der Waals surface area contributed by atoms with Gasteiger partial charge in [-0.1, -0.05) is 0 Å². The highest BCUT2D eigenvalue weighted by molar-refractivity contribution is 5.95. The quantitative estimate of drug-likeness (QED) is 0.847. The number of rotatable bonds is 2. The number of aromatic nitrogens is 1. The van der Waals surface area contributed by atoms with Crippen LogP contribution in [0.15, 0.2) is 12.1 Å². The highest BCUT2D eigenvalue weighted by Crippen LogP contribution is 2.22. The lowest BCUT2D eigenvalue weighted by Crippen LogP contribution is -2.48. The molecule has 1 aromatic heterocycles. The highest BCUT2D eigenvalue weighted by atomic mass is 16.3. The Labute approximate surface area is 113 Å². The van der Waals surface area contributed by atoms with Crippen molar-refractivity contribution in [3.8, 4) is 0 Å². The number of nitrogens with zero attached hydrogens (tertiary/aromatic N) is 2. The topological polar surface area (TPSA) is 65.5 Å². The fourth-order valence-electron chi connectivity index (χ4n) is 2.50. The fourth-order valence-corrected chi connectivity index (χ4v) is 2.50. The van der Waals surface area contributed by atoms with Crippen LogP contribution in [0, 0.1) is 6.92 Å². The van der Waals surface area contributed by atoms with Gasteiger partial charge in [0.1, 0.15) is 5.82 Å². The van der Waals surface area contributed by atoms with Crippen molar-refractivity contribution in [1.29, 1.82) is 0 Å². The number of pyridine rings is 1. The normalized spacial score (nSPS) is 23.3. The van der Waals surface area contributed by atoms with Crippen LogP contribution in [0.25, 0.3) is 0 Å². The van der Waals surface area contributed by atoms with Gasteiger partial charge in [-0.15, -0.1) is 0 Å². The number of aliphatic hydroxyl groups is 1. The number of hydrogen-bond acceptors (Lipinski definition) is 4. The number of aryl methyl sites for hydroxylation is 1. The Balaban J connectivity index is 2.21. The summed E-state index contributed by atoms with van der Waals surface area (Å²) in [6, 6.07) is 3.53. The molecule has 1 saturated heterocycles. The Morgan fingerprint density at radius 1 is 1.53 bits per heavy atom. The van der Waals surface area contributed by atoms with E-state index in [1.54, 1.807) is 31.0 Å². The van der Waals surface area contributed by atoms with Gasteiger partial charge in [0.25, 0.3) is 5.91 Å². The maximum Gasteiger partial charge on any atom is 0.254 e. The third-order valence-corrected chi connectivity index (χ3v) is 3.42. The molecule has 1 unspecified atom stereocenters. The second-order valence-electron chi connectivity index (χ2n) is 5.46. The molecule has 0 aliphatic carbocycles. The molecule has 0 aromatic carbocycles. The smallest absolute Gasteiger partial charge is 0.254 e.